The highest BCUT2D eigenvalue weighted by Gasteiger charge is 2.19. The van der Waals surface area contributed by atoms with Gasteiger partial charge < -0.3 is 15.0 Å². The second kappa shape index (κ2) is 7.05. The molecule has 1 heterocycles. The van der Waals surface area contributed by atoms with Crippen LogP contribution in [0.4, 0.5) is 5.69 Å². The molecular weight excluding hydrogens is 256 g/mol. The van der Waals surface area contributed by atoms with E-state index in [0.717, 1.165) is 13.1 Å². The van der Waals surface area contributed by atoms with E-state index in [1.54, 1.807) is 24.3 Å². The summed E-state index contributed by atoms with van der Waals surface area (Å²) in [7, 11) is 1.33. The average molecular weight is 277 g/mol. The van der Waals surface area contributed by atoms with E-state index < -0.39 is 5.97 Å². The molecule has 1 saturated heterocycles. The number of hydrogen-bond donors (Lipinski definition) is 2. The summed E-state index contributed by atoms with van der Waals surface area (Å²) < 4.78 is 4.71. The van der Waals surface area contributed by atoms with Gasteiger partial charge in [0.2, 0.25) is 0 Å². The number of ether oxygens (including phenoxy) is 1. The fourth-order valence-corrected chi connectivity index (χ4v) is 2.53. The standard InChI is InChI=1S/C15H20N2O3/c1-20-15(19)12-7-3-4-8-13(12)16-14(18)11-17-9-5-2-6-10-17/h3-4,7-8H,2,5-6,9-11H2,1H3,(H,16,18)/p+1. The molecule has 0 radical (unpaired) electrons. The van der Waals surface area contributed by atoms with Crippen molar-refractivity contribution in [2.24, 2.45) is 0 Å². The van der Waals surface area contributed by atoms with E-state index in [9.17, 15) is 9.59 Å². The molecule has 20 heavy (non-hydrogen) atoms. The summed E-state index contributed by atoms with van der Waals surface area (Å²) in [4.78, 5) is 25.0. The van der Waals surface area contributed by atoms with Gasteiger partial charge in [0.05, 0.1) is 31.5 Å². The van der Waals surface area contributed by atoms with Gasteiger partial charge in [-0.05, 0) is 31.4 Å². The van der Waals surface area contributed by atoms with Crippen LogP contribution in [0.25, 0.3) is 0 Å². The van der Waals surface area contributed by atoms with E-state index in [0.29, 0.717) is 17.8 Å². The second-order valence-corrected chi connectivity index (χ2v) is 5.07. The van der Waals surface area contributed by atoms with E-state index in [-0.39, 0.29) is 5.91 Å². The molecule has 0 unspecified atom stereocenters. The third kappa shape index (κ3) is 3.81. The molecule has 0 bridgehead atoms. The molecule has 108 valence electrons. The summed E-state index contributed by atoms with van der Waals surface area (Å²) in [5, 5.41) is 2.81. The van der Waals surface area contributed by atoms with Crippen molar-refractivity contribution in [3.05, 3.63) is 29.8 Å². The molecule has 1 aliphatic heterocycles. The number of hydrogen-bond acceptors (Lipinski definition) is 3. The lowest BCUT2D eigenvalue weighted by atomic mass is 10.1. The van der Waals surface area contributed by atoms with Crippen LogP contribution in [0.1, 0.15) is 29.6 Å². The Labute approximate surface area is 118 Å². The molecule has 5 nitrogen and oxygen atoms in total. The monoisotopic (exact) mass is 277 g/mol. The molecule has 1 aromatic rings. The molecule has 1 aliphatic rings. The van der Waals surface area contributed by atoms with Crippen molar-refractivity contribution in [1.29, 1.82) is 0 Å². The van der Waals surface area contributed by atoms with E-state index in [1.807, 2.05) is 0 Å². The summed E-state index contributed by atoms with van der Waals surface area (Å²) in [5.41, 5.74) is 0.901. The third-order valence-electron chi connectivity index (χ3n) is 3.58. The van der Waals surface area contributed by atoms with Crippen molar-refractivity contribution >= 4 is 17.6 Å². The number of nitrogens with one attached hydrogen (secondary N) is 2. The molecular formula is C15H21N2O3+. The number of esters is 1. The first-order valence-corrected chi connectivity index (χ1v) is 7.01. The lowest BCUT2D eigenvalue weighted by molar-refractivity contribution is -0.896. The zero-order chi connectivity index (χ0) is 14.4. The Morgan fingerprint density at radius 1 is 1.20 bits per heavy atom. The number of methoxy groups -OCH3 is 1. The first-order valence-electron chi connectivity index (χ1n) is 7.01. The quantitative estimate of drug-likeness (QED) is 0.787. The highest BCUT2D eigenvalue weighted by Crippen LogP contribution is 2.15. The van der Waals surface area contributed by atoms with Crippen LogP contribution in [0.5, 0.6) is 0 Å². The van der Waals surface area contributed by atoms with Crippen molar-refractivity contribution in [2.75, 3.05) is 32.1 Å². The van der Waals surface area contributed by atoms with Crippen molar-refractivity contribution in [3.8, 4) is 0 Å². The fraction of sp³-hybridized carbons (Fsp3) is 0.467. The molecule has 1 aromatic carbocycles. The Morgan fingerprint density at radius 2 is 1.90 bits per heavy atom. The molecule has 2 N–H and O–H groups in total. The maximum Gasteiger partial charge on any atom is 0.339 e. The number of rotatable bonds is 4. The fourth-order valence-electron chi connectivity index (χ4n) is 2.53. The molecule has 1 amide bonds. The number of carbonyl (C=O) groups excluding carboxylic acids is 2. The van der Waals surface area contributed by atoms with Crippen molar-refractivity contribution in [1.82, 2.24) is 0 Å². The number of amides is 1. The summed E-state index contributed by atoms with van der Waals surface area (Å²) in [6, 6.07) is 6.90. The number of quaternary nitrogens is 1. The Balaban J connectivity index is 1.98. The predicted molar refractivity (Wildman–Crippen MR) is 75.8 cm³/mol. The molecule has 0 spiro atoms. The lowest BCUT2D eigenvalue weighted by Crippen LogP contribution is -3.13. The highest BCUT2D eigenvalue weighted by atomic mass is 16.5. The van der Waals surface area contributed by atoms with Gasteiger partial charge in [-0.3, -0.25) is 4.79 Å². The Hall–Kier alpha value is -1.88. The van der Waals surface area contributed by atoms with Crippen molar-refractivity contribution in [2.45, 2.75) is 19.3 Å². The largest absolute Gasteiger partial charge is 0.465 e. The number of piperidine rings is 1. The number of para-hydroxylation sites is 1. The van der Waals surface area contributed by atoms with Crippen LogP contribution in [0, 0.1) is 0 Å². The average Bonchev–Trinajstić information content (AvgIpc) is 2.48. The summed E-state index contributed by atoms with van der Waals surface area (Å²) >= 11 is 0. The number of likely N-dealkylation sites (tertiary alicyclic amines) is 1. The Kier molecular flexibility index (Phi) is 5.12. The first-order chi connectivity index (χ1) is 9.70. The van der Waals surface area contributed by atoms with Gasteiger partial charge in [-0.25, -0.2) is 4.79 Å². The molecule has 5 heteroatoms. The number of benzene rings is 1. The topological polar surface area (TPSA) is 59.8 Å². The summed E-state index contributed by atoms with van der Waals surface area (Å²) in [6.45, 7) is 2.55. The van der Waals surface area contributed by atoms with Gasteiger partial charge in [0.1, 0.15) is 0 Å². The minimum atomic E-state index is -0.439. The zero-order valence-corrected chi connectivity index (χ0v) is 11.8. The number of carbonyl (C=O) groups is 2. The van der Waals surface area contributed by atoms with E-state index in [1.165, 1.54) is 31.3 Å². The lowest BCUT2D eigenvalue weighted by Gasteiger charge is -2.23. The molecule has 0 aliphatic carbocycles. The van der Waals surface area contributed by atoms with Crippen LogP contribution in [0.2, 0.25) is 0 Å². The van der Waals surface area contributed by atoms with E-state index in [2.05, 4.69) is 5.32 Å². The van der Waals surface area contributed by atoms with Gasteiger partial charge in [0.15, 0.2) is 6.54 Å². The summed E-state index contributed by atoms with van der Waals surface area (Å²) in [5.74, 6) is -0.496. The van der Waals surface area contributed by atoms with Crippen molar-refractivity contribution < 1.29 is 19.2 Å². The van der Waals surface area contributed by atoms with E-state index in [4.69, 9.17) is 4.74 Å². The SMILES string of the molecule is COC(=O)c1ccccc1NC(=O)C[NH+]1CCCCC1. The Bertz CT molecular complexity index is 482. The van der Waals surface area contributed by atoms with Crippen LogP contribution < -0.4 is 10.2 Å². The van der Waals surface area contributed by atoms with Gasteiger partial charge in [0.25, 0.3) is 5.91 Å². The smallest absolute Gasteiger partial charge is 0.339 e. The third-order valence-corrected chi connectivity index (χ3v) is 3.58. The minimum Gasteiger partial charge on any atom is -0.465 e. The van der Waals surface area contributed by atoms with Crippen LogP contribution >= 0.6 is 0 Å². The van der Waals surface area contributed by atoms with Gasteiger partial charge in [0, 0.05) is 0 Å². The van der Waals surface area contributed by atoms with Gasteiger partial charge >= 0.3 is 5.97 Å². The van der Waals surface area contributed by atoms with Gasteiger partial charge in [-0.1, -0.05) is 12.1 Å². The second-order valence-electron chi connectivity index (χ2n) is 5.07. The molecule has 0 saturated carbocycles. The predicted octanol–water partition coefficient (Wildman–Crippen LogP) is 0.480. The molecule has 2 rings (SSSR count). The van der Waals surface area contributed by atoms with Gasteiger partial charge in [-0.2, -0.15) is 0 Å². The number of anilines is 1. The Morgan fingerprint density at radius 3 is 2.60 bits per heavy atom. The zero-order valence-electron chi connectivity index (χ0n) is 11.8. The molecule has 0 atom stereocenters. The minimum absolute atomic E-state index is 0.0572. The summed E-state index contributed by atoms with van der Waals surface area (Å²) in [6.07, 6.45) is 3.62. The van der Waals surface area contributed by atoms with Crippen LogP contribution in [0.3, 0.4) is 0 Å². The normalized spacial score (nSPS) is 15.7. The first kappa shape index (κ1) is 14.5. The maximum atomic E-state index is 12.1. The van der Waals surface area contributed by atoms with E-state index >= 15 is 0 Å². The van der Waals surface area contributed by atoms with Crippen LogP contribution in [-0.2, 0) is 9.53 Å². The van der Waals surface area contributed by atoms with Crippen LogP contribution in [-0.4, -0.2) is 38.6 Å². The van der Waals surface area contributed by atoms with Gasteiger partial charge in [-0.15, -0.1) is 0 Å². The maximum absolute atomic E-state index is 12.1. The van der Waals surface area contributed by atoms with Crippen molar-refractivity contribution in [3.63, 3.8) is 0 Å². The molecule has 1 fully saturated rings. The van der Waals surface area contributed by atoms with Crippen LogP contribution in [0.15, 0.2) is 24.3 Å². The highest BCUT2D eigenvalue weighted by molar-refractivity contribution is 6.01. The molecule has 0 aromatic heterocycles.